The van der Waals surface area contributed by atoms with Gasteiger partial charge in [-0.2, -0.15) is 0 Å². The molecule has 0 radical (unpaired) electrons. The Morgan fingerprint density at radius 1 is 1.26 bits per heavy atom. The van der Waals surface area contributed by atoms with Crippen LogP contribution in [-0.4, -0.2) is 30.6 Å². The van der Waals surface area contributed by atoms with Crippen LogP contribution < -0.4 is 15.4 Å². The van der Waals surface area contributed by atoms with Gasteiger partial charge in [0.2, 0.25) is 0 Å². The molecule has 1 aromatic carbocycles. The van der Waals surface area contributed by atoms with Crippen molar-refractivity contribution in [2.45, 2.75) is 12.5 Å². The van der Waals surface area contributed by atoms with E-state index in [2.05, 4.69) is 10.6 Å². The molecule has 3 N–H and O–H groups in total. The number of ether oxygens (including phenoxy) is 1. The summed E-state index contributed by atoms with van der Waals surface area (Å²) in [4.78, 5) is 23.7. The third-order valence-electron chi connectivity index (χ3n) is 3.18. The van der Waals surface area contributed by atoms with Crippen LogP contribution >= 0.6 is 0 Å². The number of benzene rings is 1. The maximum Gasteiger partial charge on any atom is 0.313 e. The van der Waals surface area contributed by atoms with Crippen LogP contribution in [0.4, 0.5) is 5.69 Å². The highest BCUT2D eigenvalue weighted by atomic mass is 16.5. The van der Waals surface area contributed by atoms with Gasteiger partial charge in [-0.15, -0.1) is 0 Å². The Labute approximate surface area is 133 Å². The highest BCUT2D eigenvalue weighted by Crippen LogP contribution is 2.20. The first-order valence-corrected chi connectivity index (χ1v) is 6.92. The van der Waals surface area contributed by atoms with Gasteiger partial charge in [0.15, 0.2) is 0 Å². The maximum absolute atomic E-state index is 11.8. The van der Waals surface area contributed by atoms with Gasteiger partial charge >= 0.3 is 11.8 Å². The number of hydrogen-bond acceptors (Lipinski definition) is 5. The Kier molecular flexibility index (Phi) is 5.02. The number of aliphatic hydroxyl groups is 1. The largest absolute Gasteiger partial charge is 0.497 e. The van der Waals surface area contributed by atoms with Crippen molar-refractivity contribution >= 4 is 17.5 Å². The fourth-order valence-electron chi connectivity index (χ4n) is 1.89. The molecule has 2 aromatic rings. The molecule has 7 heteroatoms. The molecular formula is C16H18N2O5. The van der Waals surface area contributed by atoms with E-state index >= 15 is 0 Å². The predicted octanol–water partition coefficient (Wildman–Crippen LogP) is 1.25. The molecule has 7 nitrogen and oxygen atoms in total. The topological polar surface area (TPSA) is 101 Å². The van der Waals surface area contributed by atoms with Crippen molar-refractivity contribution < 1.29 is 23.8 Å². The molecule has 1 atom stereocenters. The Bertz CT molecular complexity index is 680. The summed E-state index contributed by atoms with van der Waals surface area (Å²) in [6.07, 6.45) is 1.42. The Hall–Kier alpha value is -2.80. The third-order valence-corrected chi connectivity index (χ3v) is 3.18. The van der Waals surface area contributed by atoms with Crippen LogP contribution in [0.2, 0.25) is 0 Å². The number of furan rings is 1. The van der Waals surface area contributed by atoms with Crippen LogP contribution in [0.1, 0.15) is 12.7 Å². The van der Waals surface area contributed by atoms with Gasteiger partial charge in [0.1, 0.15) is 17.1 Å². The SMILES string of the molecule is COc1cccc(NC(=O)C(=O)NCC(C)(O)c2ccco2)c1. The summed E-state index contributed by atoms with van der Waals surface area (Å²) < 4.78 is 10.1. The molecule has 23 heavy (non-hydrogen) atoms. The van der Waals surface area contributed by atoms with Crippen molar-refractivity contribution in [2.24, 2.45) is 0 Å². The number of anilines is 1. The van der Waals surface area contributed by atoms with Gasteiger partial charge in [-0.05, 0) is 31.2 Å². The van der Waals surface area contributed by atoms with Crippen molar-refractivity contribution in [3.8, 4) is 5.75 Å². The number of nitrogens with one attached hydrogen (secondary N) is 2. The van der Waals surface area contributed by atoms with Crippen LogP contribution in [0, 0.1) is 0 Å². The quantitative estimate of drug-likeness (QED) is 0.720. The molecule has 122 valence electrons. The minimum atomic E-state index is -1.41. The highest BCUT2D eigenvalue weighted by Gasteiger charge is 2.28. The van der Waals surface area contributed by atoms with E-state index in [0.29, 0.717) is 17.2 Å². The second-order valence-electron chi connectivity index (χ2n) is 5.12. The van der Waals surface area contributed by atoms with Gasteiger partial charge in [0, 0.05) is 11.8 Å². The van der Waals surface area contributed by atoms with Gasteiger partial charge in [-0.25, -0.2) is 0 Å². The van der Waals surface area contributed by atoms with Gasteiger partial charge in [-0.1, -0.05) is 6.07 Å². The van der Waals surface area contributed by atoms with Crippen LogP contribution in [0.25, 0.3) is 0 Å². The molecule has 1 heterocycles. The first kappa shape index (κ1) is 16.6. The van der Waals surface area contributed by atoms with E-state index in [4.69, 9.17) is 9.15 Å². The molecule has 1 unspecified atom stereocenters. The number of methoxy groups -OCH3 is 1. The Morgan fingerprint density at radius 3 is 2.70 bits per heavy atom. The minimum Gasteiger partial charge on any atom is -0.497 e. The lowest BCUT2D eigenvalue weighted by atomic mass is 10.0. The normalized spacial score (nSPS) is 13.0. The lowest BCUT2D eigenvalue weighted by Gasteiger charge is -2.20. The van der Waals surface area contributed by atoms with E-state index in [1.54, 1.807) is 36.4 Å². The van der Waals surface area contributed by atoms with Crippen molar-refractivity contribution in [3.05, 3.63) is 48.4 Å². The molecule has 0 saturated carbocycles. The summed E-state index contributed by atoms with van der Waals surface area (Å²) in [6.45, 7) is 1.32. The van der Waals surface area contributed by atoms with E-state index in [1.807, 2.05) is 0 Å². The molecule has 0 aliphatic heterocycles. The molecule has 0 bridgehead atoms. The predicted molar refractivity (Wildman–Crippen MR) is 82.9 cm³/mol. The number of rotatable bonds is 5. The lowest BCUT2D eigenvalue weighted by Crippen LogP contribution is -2.43. The average molecular weight is 318 g/mol. The van der Waals surface area contributed by atoms with Crippen LogP contribution in [-0.2, 0) is 15.2 Å². The maximum atomic E-state index is 11.8. The lowest BCUT2D eigenvalue weighted by molar-refractivity contribution is -0.136. The van der Waals surface area contributed by atoms with Crippen molar-refractivity contribution in [3.63, 3.8) is 0 Å². The van der Waals surface area contributed by atoms with E-state index in [-0.39, 0.29) is 6.54 Å². The molecule has 2 amide bonds. The summed E-state index contributed by atoms with van der Waals surface area (Å²) in [5.74, 6) is -0.844. The van der Waals surface area contributed by atoms with Gasteiger partial charge in [0.25, 0.3) is 0 Å². The summed E-state index contributed by atoms with van der Waals surface area (Å²) in [7, 11) is 1.50. The Balaban J connectivity index is 1.91. The van der Waals surface area contributed by atoms with Crippen LogP contribution in [0.15, 0.2) is 47.1 Å². The molecule has 2 rings (SSSR count). The first-order valence-electron chi connectivity index (χ1n) is 6.92. The number of hydrogen-bond donors (Lipinski definition) is 3. The minimum absolute atomic E-state index is 0.162. The molecule has 0 saturated heterocycles. The monoisotopic (exact) mass is 318 g/mol. The van der Waals surface area contributed by atoms with E-state index < -0.39 is 17.4 Å². The molecule has 0 aliphatic carbocycles. The number of amides is 2. The average Bonchev–Trinajstić information content (AvgIpc) is 3.08. The zero-order valence-electron chi connectivity index (χ0n) is 12.8. The second kappa shape index (κ2) is 6.97. The number of carbonyl (C=O) groups excluding carboxylic acids is 2. The van der Waals surface area contributed by atoms with Crippen molar-refractivity contribution in [1.29, 1.82) is 0 Å². The summed E-state index contributed by atoms with van der Waals surface area (Å²) >= 11 is 0. The summed E-state index contributed by atoms with van der Waals surface area (Å²) in [5.41, 5.74) is -0.975. The molecule has 0 fully saturated rings. The molecule has 0 aliphatic rings. The van der Waals surface area contributed by atoms with E-state index in [0.717, 1.165) is 0 Å². The molecular weight excluding hydrogens is 300 g/mol. The van der Waals surface area contributed by atoms with Gasteiger partial charge < -0.3 is 24.9 Å². The van der Waals surface area contributed by atoms with Crippen molar-refractivity contribution in [2.75, 3.05) is 19.0 Å². The van der Waals surface area contributed by atoms with Crippen molar-refractivity contribution in [1.82, 2.24) is 5.32 Å². The second-order valence-corrected chi connectivity index (χ2v) is 5.12. The fourth-order valence-corrected chi connectivity index (χ4v) is 1.89. The zero-order valence-corrected chi connectivity index (χ0v) is 12.8. The fraction of sp³-hybridized carbons (Fsp3) is 0.250. The third kappa shape index (κ3) is 4.33. The molecule has 0 spiro atoms. The standard InChI is InChI=1S/C16H18N2O5/c1-16(21,13-7-4-8-23-13)10-17-14(19)15(20)18-11-5-3-6-12(9-11)22-2/h3-9,21H,10H2,1-2H3,(H,17,19)(H,18,20). The summed E-state index contributed by atoms with van der Waals surface area (Å²) in [5, 5.41) is 15.0. The summed E-state index contributed by atoms with van der Waals surface area (Å²) in [6, 6.07) is 9.84. The van der Waals surface area contributed by atoms with E-state index in [9.17, 15) is 14.7 Å². The first-order chi connectivity index (χ1) is 10.9. The number of carbonyl (C=O) groups is 2. The van der Waals surface area contributed by atoms with E-state index in [1.165, 1.54) is 20.3 Å². The smallest absolute Gasteiger partial charge is 0.313 e. The van der Waals surface area contributed by atoms with Crippen LogP contribution in [0.3, 0.4) is 0 Å². The van der Waals surface area contributed by atoms with Gasteiger partial charge in [-0.3, -0.25) is 9.59 Å². The zero-order chi connectivity index (χ0) is 16.9. The van der Waals surface area contributed by atoms with Crippen LogP contribution in [0.5, 0.6) is 5.75 Å². The Morgan fingerprint density at radius 2 is 2.04 bits per heavy atom. The van der Waals surface area contributed by atoms with Gasteiger partial charge in [0.05, 0.1) is 19.9 Å². The highest BCUT2D eigenvalue weighted by molar-refractivity contribution is 6.39. The molecule has 1 aromatic heterocycles.